The normalized spacial score (nSPS) is 9.92. The number of carbonyl (C=O) groups excluding carboxylic acids is 1. The number of H-pyrrole nitrogens is 1. The maximum Gasteiger partial charge on any atom is 0.267 e. The highest BCUT2D eigenvalue weighted by atomic mass is 35.5. The maximum atomic E-state index is 11.2. The Morgan fingerprint density at radius 2 is 2.33 bits per heavy atom. The minimum absolute atomic E-state index is 0.202. The van der Waals surface area contributed by atoms with E-state index in [-0.39, 0.29) is 11.1 Å². The molecule has 12 heavy (non-hydrogen) atoms. The summed E-state index contributed by atoms with van der Waals surface area (Å²) in [6.07, 6.45) is 0. The smallest absolute Gasteiger partial charge is 0.267 e. The molecule has 0 saturated heterocycles. The molecule has 5 heteroatoms. The Morgan fingerprint density at radius 3 is 2.75 bits per heavy atom. The first-order valence-electron chi connectivity index (χ1n) is 3.47. The Labute approximate surface area is 80.1 Å². The Balaban J connectivity index is 2.82. The largest absolute Gasteiger partial charge is 0.351 e. The van der Waals surface area contributed by atoms with Crippen LogP contribution in [0.15, 0.2) is 6.07 Å². The first-order valence-corrected chi connectivity index (χ1v) is 4.23. The first kappa shape index (κ1) is 9.42. The van der Waals surface area contributed by atoms with Gasteiger partial charge in [0.15, 0.2) is 0 Å². The van der Waals surface area contributed by atoms with Gasteiger partial charge in [0, 0.05) is 6.54 Å². The molecule has 0 aromatic carbocycles. The van der Waals surface area contributed by atoms with Crippen molar-refractivity contribution in [2.45, 2.75) is 6.92 Å². The highest BCUT2D eigenvalue weighted by Gasteiger charge is 2.09. The van der Waals surface area contributed by atoms with Crippen LogP contribution < -0.4 is 5.32 Å². The van der Waals surface area contributed by atoms with Crippen molar-refractivity contribution in [3.05, 3.63) is 21.9 Å². The number of hydrogen-bond donors (Lipinski definition) is 2. The molecule has 0 radical (unpaired) electrons. The molecule has 3 nitrogen and oxygen atoms in total. The standard InChI is InChI=1S/C7H8Cl2N2O/c1-2-10-7(12)5-3-4(8)6(9)11-5/h3,11H,2H2,1H3,(H,10,12). The molecule has 1 rings (SSSR count). The molecule has 0 spiro atoms. The molecule has 0 aliphatic heterocycles. The summed E-state index contributed by atoms with van der Waals surface area (Å²) in [5, 5.41) is 3.26. The minimum atomic E-state index is -0.202. The lowest BCUT2D eigenvalue weighted by Crippen LogP contribution is -2.22. The van der Waals surface area contributed by atoms with Gasteiger partial charge in [0.05, 0.1) is 5.02 Å². The SMILES string of the molecule is CCNC(=O)c1cc(Cl)c(Cl)[nH]1. The number of aromatic amines is 1. The Morgan fingerprint density at radius 1 is 1.67 bits per heavy atom. The van der Waals surface area contributed by atoms with Crippen molar-refractivity contribution < 1.29 is 4.79 Å². The zero-order valence-corrected chi connectivity index (χ0v) is 7.96. The summed E-state index contributed by atoms with van der Waals surface area (Å²) in [5.41, 5.74) is 0.381. The molecule has 0 aliphatic carbocycles. The van der Waals surface area contributed by atoms with Crippen LogP contribution >= 0.6 is 23.2 Å². The molecule has 1 aromatic rings. The highest BCUT2D eigenvalue weighted by Crippen LogP contribution is 2.21. The number of nitrogens with one attached hydrogen (secondary N) is 2. The number of amides is 1. The molecule has 0 unspecified atom stereocenters. The average Bonchev–Trinajstić information content (AvgIpc) is 2.33. The molecule has 0 atom stereocenters. The second-order valence-electron chi connectivity index (χ2n) is 2.20. The van der Waals surface area contributed by atoms with Crippen LogP contribution in [0, 0.1) is 0 Å². The van der Waals surface area contributed by atoms with Crippen molar-refractivity contribution in [3.63, 3.8) is 0 Å². The molecular formula is C7H8Cl2N2O. The summed E-state index contributed by atoms with van der Waals surface area (Å²) in [5.74, 6) is -0.202. The van der Waals surface area contributed by atoms with Gasteiger partial charge in [-0.15, -0.1) is 0 Å². The highest BCUT2D eigenvalue weighted by molar-refractivity contribution is 6.41. The Kier molecular flexibility index (Phi) is 3.00. The summed E-state index contributed by atoms with van der Waals surface area (Å²) in [7, 11) is 0. The maximum absolute atomic E-state index is 11.2. The second-order valence-corrected chi connectivity index (χ2v) is 2.99. The molecule has 66 valence electrons. The molecule has 1 aromatic heterocycles. The summed E-state index contributed by atoms with van der Waals surface area (Å²) in [4.78, 5) is 13.8. The lowest BCUT2D eigenvalue weighted by Gasteiger charge is -1.96. The molecule has 1 amide bonds. The van der Waals surface area contributed by atoms with Crippen molar-refractivity contribution in [2.75, 3.05) is 6.54 Å². The predicted octanol–water partition coefficient (Wildman–Crippen LogP) is 2.07. The molecule has 0 fully saturated rings. The minimum Gasteiger partial charge on any atom is -0.351 e. The Bertz CT molecular complexity index is 276. The second kappa shape index (κ2) is 3.83. The lowest BCUT2D eigenvalue weighted by molar-refractivity contribution is 0.0951. The van der Waals surface area contributed by atoms with Crippen LogP contribution in [-0.2, 0) is 0 Å². The number of halogens is 2. The zero-order valence-electron chi connectivity index (χ0n) is 6.45. The van der Waals surface area contributed by atoms with Gasteiger partial charge in [-0.2, -0.15) is 0 Å². The van der Waals surface area contributed by atoms with E-state index in [1.165, 1.54) is 6.07 Å². The van der Waals surface area contributed by atoms with Gasteiger partial charge in [0.2, 0.25) is 0 Å². The van der Waals surface area contributed by atoms with E-state index < -0.39 is 0 Å². The summed E-state index contributed by atoms with van der Waals surface area (Å²) >= 11 is 11.2. The van der Waals surface area contributed by atoms with Gasteiger partial charge < -0.3 is 10.3 Å². The fraction of sp³-hybridized carbons (Fsp3) is 0.286. The van der Waals surface area contributed by atoms with Crippen molar-refractivity contribution in [2.24, 2.45) is 0 Å². The third-order valence-electron chi connectivity index (χ3n) is 1.31. The number of rotatable bonds is 2. The molecular weight excluding hydrogens is 199 g/mol. The van der Waals surface area contributed by atoms with Crippen LogP contribution in [0.2, 0.25) is 10.2 Å². The topological polar surface area (TPSA) is 44.9 Å². The van der Waals surface area contributed by atoms with Crippen molar-refractivity contribution >= 4 is 29.1 Å². The summed E-state index contributed by atoms with van der Waals surface area (Å²) < 4.78 is 0. The Hall–Kier alpha value is -0.670. The van der Waals surface area contributed by atoms with Gasteiger partial charge in [-0.3, -0.25) is 4.79 Å². The quantitative estimate of drug-likeness (QED) is 0.765. The first-order chi connectivity index (χ1) is 5.65. The van der Waals surface area contributed by atoms with Gasteiger partial charge in [0.1, 0.15) is 10.8 Å². The van der Waals surface area contributed by atoms with Crippen LogP contribution in [0.1, 0.15) is 17.4 Å². The van der Waals surface area contributed by atoms with Gasteiger partial charge >= 0.3 is 0 Å². The summed E-state index contributed by atoms with van der Waals surface area (Å²) in [6, 6.07) is 1.49. The predicted molar refractivity (Wildman–Crippen MR) is 48.8 cm³/mol. The number of hydrogen-bond acceptors (Lipinski definition) is 1. The third-order valence-corrected chi connectivity index (χ3v) is 2.00. The van der Waals surface area contributed by atoms with E-state index in [0.717, 1.165) is 0 Å². The van der Waals surface area contributed by atoms with Gasteiger partial charge in [-0.05, 0) is 13.0 Å². The van der Waals surface area contributed by atoms with Gasteiger partial charge in [0.25, 0.3) is 5.91 Å². The molecule has 0 aliphatic rings. The number of carbonyl (C=O) groups is 1. The number of aromatic nitrogens is 1. The molecule has 2 N–H and O–H groups in total. The summed E-state index contributed by atoms with van der Waals surface area (Å²) in [6.45, 7) is 2.41. The van der Waals surface area contributed by atoms with Crippen LogP contribution in [0.4, 0.5) is 0 Å². The van der Waals surface area contributed by atoms with E-state index in [1.54, 1.807) is 0 Å². The zero-order chi connectivity index (χ0) is 9.14. The van der Waals surface area contributed by atoms with E-state index in [4.69, 9.17) is 23.2 Å². The van der Waals surface area contributed by atoms with Crippen LogP contribution in [0.3, 0.4) is 0 Å². The molecule has 1 heterocycles. The third kappa shape index (κ3) is 1.93. The van der Waals surface area contributed by atoms with Gasteiger partial charge in [-0.25, -0.2) is 0 Å². The molecule has 0 bridgehead atoms. The van der Waals surface area contributed by atoms with E-state index in [1.807, 2.05) is 6.92 Å². The lowest BCUT2D eigenvalue weighted by atomic mass is 10.4. The van der Waals surface area contributed by atoms with E-state index >= 15 is 0 Å². The monoisotopic (exact) mass is 206 g/mol. The van der Waals surface area contributed by atoms with E-state index in [0.29, 0.717) is 17.3 Å². The van der Waals surface area contributed by atoms with E-state index in [2.05, 4.69) is 10.3 Å². The van der Waals surface area contributed by atoms with Crippen LogP contribution in [-0.4, -0.2) is 17.4 Å². The fourth-order valence-corrected chi connectivity index (χ4v) is 1.09. The van der Waals surface area contributed by atoms with Crippen LogP contribution in [0.5, 0.6) is 0 Å². The molecule has 0 saturated carbocycles. The van der Waals surface area contributed by atoms with Gasteiger partial charge in [-0.1, -0.05) is 23.2 Å². The fourth-order valence-electron chi connectivity index (χ4n) is 0.782. The van der Waals surface area contributed by atoms with Crippen molar-refractivity contribution in [1.29, 1.82) is 0 Å². The van der Waals surface area contributed by atoms with Crippen molar-refractivity contribution in [3.8, 4) is 0 Å². The van der Waals surface area contributed by atoms with E-state index in [9.17, 15) is 4.79 Å². The van der Waals surface area contributed by atoms with Crippen molar-refractivity contribution in [1.82, 2.24) is 10.3 Å². The average molecular weight is 207 g/mol. The van der Waals surface area contributed by atoms with Crippen LogP contribution in [0.25, 0.3) is 0 Å².